The first-order valence-corrected chi connectivity index (χ1v) is 42.0. The Morgan fingerprint density at radius 3 is 0.851 bits per heavy atom. The van der Waals surface area contributed by atoms with Crippen LogP contribution in [0.25, 0.3) is 109 Å². The van der Waals surface area contributed by atoms with Crippen molar-refractivity contribution in [1.29, 1.82) is 0 Å². The molecule has 24 heteroatoms. The average Bonchev–Trinajstić information content (AvgIpc) is 1.78. The number of benzene rings is 4. The highest BCUT2D eigenvalue weighted by molar-refractivity contribution is 7.11. The molecule has 0 fully saturated rings. The number of nitrogens with zero attached hydrogens (tertiary/aromatic N) is 19. The number of pyridine rings is 1. The van der Waals surface area contributed by atoms with E-state index in [9.17, 15) is 0 Å². The smallest absolute Gasteiger partial charge is 0.155 e. The van der Waals surface area contributed by atoms with Crippen molar-refractivity contribution in [3.63, 3.8) is 0 Å². The van der Waals surface area contributed by atoms with Crippen molar-refractivity contribution in [2.75, 3.05) is 0 Å². The van der Waals surface area contributed by atoms with E-state index in [2.05, 4.69) is 179 Å². The molecule has 0 unspecified atom stereocenters. The Kier molecular flexibility index (Phi) is 39.1. The third kappa shape index (κ3) is 35.7. The van der Waals surface area contributed by atoms with Gasteiger partial charge >= 0.3 is 0 Å². The highest BCUT2D eigenvalue weighted by Crippen LogP contribution is 2.18. The van der Waals surface area contributed by atoms with Crippen molar-refractivity contribution >= 4 is 166 Å². The van der Waals surface area contributed by atoms with Gasteiger partial charge in [0.2, 0.25) is 0 Å². The largest absolute Gasteiger partial charge is 0.351 e. The fourth-order valence-electron chi connectivity index (χ4n) is 9.85. The Labute approximate surface area is 726 Å². The molecular formula is C97H87N19S5. The van der Waals surface area contributed by atoms with E-state index in [0.29, 0.717) is 11.6 Å². The van der Waals surface area contributed by atoms with Gasteiger partial charge in [-0.1, -0.05) is 170 Å². The normalized spacial score (nSPS) is 10.8. The molecule has 0 saturated carbocycles. The molecule has 0 aliphatic carbocycles. The molecule has 14 heterocycles. The maximum atomic E-state index is 4.18. The lowest BCUT2D eigenvalue weighted by molar-refractivity contribution is 0.891. The van der Waals surface area contributed by atoms with Crippen LogP contribution in [0.1, 0.15) is 98.5 Å². The van der Waals surface area contributed by atoms with Gasteiger partial charge in [-0.3, -0.25) is 4.98 Å². The standard InChI is InChI=1S/C13H11N.C12H14N2.C12H10N2.C12H10S.C11H9N3.C10H12N4.C10H8N2S.C9H7N3S.C8H6N2S2/c1-2-4-12(5-3-1)6-7-13-8-10-14-11-9-13;1-13-9-3-5-11(13)7-8-12-6-4-10-14(12)2;1-2-5-11(6-3-1)7-8-12-13-9-4-10-14-12;1-2-5-11(6-3-1)8-9-12-7-4-10-13-12;1-2-4-10(5-3-1)6-7-11-13-8-12-9-14-11;1-13-7-5-11-9(13)3-4-10-12-6-8-14(10)2;1-3-9(13-8-1)4-5-10-11-6-2-7-12-10;1-2-8(13-5-1)3-4-9-11-6-10-7-12-9;1(7-3-5-9-11-7)2-8-4-6-10-12-8/h1-11H;3-10H,1-2H3;1-10H;1-10H;1-9H;3-8H,1-2H3;1-8H;1-7H;1-6H/b7-6+;2*8-7+;9-8+;7-6+;4-3+;5-4+;4-3+;2-1+. The fourth-order valence-corrected chi connectivity index (χ4v) is 12.7. The van der Waals surface area contributed by atoms with Gasteiger partial charge in [0.25, 0.3) is 0 Å². The minimum Gasteiger partial charge on any atom is -0.351 e. The highest BCUT2D eigenvalue weighted by atomic mass is 32.1. The minimum absolute atomic E-state index is 0.670. The van der Waals surface area contributed by atoms with Crippen LogP contribution in [0.2, 0.25) is 0 Å². The van der Waals surface area contributed by atoms with Gasteiger partial charge in [0.15, 0.2) is 23.3 Å². The summed E-state index contributed by atoms with van der Waals surface area (Å²) >= 11 is 8.12. The highest BCUT2D eigenvalue weighted by Gasteiger charge is 1.99. The molecule has 18 aromatic rings. The summed E-state index contributed by atoms with van der Waals surface area (Å²) < 4.78 is 16.1. The molecule has 0 atom stereocenters. The molecule has 0 aliphatic heterocycles. The lowest BCUT2D eigenvalue weighted by Gasteiger charge is -1.97. The lowest BCUT2D eigenvalue weighted by atomic mass is 10.2. The van der Waals surface area contributed by atoms with Crippen LogP contribution in [-0.2, 0) is 28.2 Å². The summed E-state index contributed by atoms with van der Waals surface area (Å²) in [5.74, 6) is 4.68. The SMILES string of the molecule is C(=C\c1cccs1)/c1ccccc1.C(=C\c1cccs1)/c1ncccn1.C(=C\c1cccs1)/c1ncncn1.C(=C\c1ccncc1)/c1ccccc1.C(=C\c1ccns1)/c1ccns1.C(=C\c1ncccn1)/c1ccccc1.C(=C\c1ncncn1)/c1ccccc1.Cn1cccc1/C=C/c1cccn1C.Cn1ccnc1/C=C/c1nccn1C. The summed E-state index contributed by atoms with van der Waals surface area (Å²) in [6.45, 7) is 0. The van der Waals surface area contributed by atoms with Gasteiger partial charge in [0, 0.05) is 151 Å². The lowest BCUT2D eigenvalue weighted by Crippen LogP contribution is -1.91. The van der Waals surface area contributed by atoms with Crippen LogP contribution in [0.15, 0.2) is 347 Å². The summed E-state index contributed by atoms with van der Waals surface area (Å²) in [5, 5.41) is 6.17. The second-order valence-corrected chi connectivity index (χ2v) is 29.6. The van der Waals surface area contributed by atoms with E-state index in [1.807, 2.05) is 304 Å². The van der Waals surface area contributed by atoms with Crippen LogP contribution < -0.4 is 0 Å². The maximum Gasteiger partial charge on any atom is 0.155 e. The van der Waals surface area contributed by atoms with Crippen molar-refractivity contribution in [2.24, 2.45) is 28.2 Å². The third-order valence-electron chi connectivity index (χ3n) is 16.1. The fraction of sp³-hybridized carbons (Fsp3) is 0.0412. The van der Waals surface area contributed by atoms with Gasteiger partial charge in [-0.25, -0.2) is 68.6 Å². The second-order valence-electron chi connectivity index (χ2n) is 24.9. The van der Waals surface area contributed by atoms with Crippen molar-refractivity contribution in [3.8, 4) is 0 Å². The molecule has 18 rings (SSSR count). The zero-order valence-corrected chi connectivity index (χ0v) is 70.9. The molecule has 121 heavy (non-hydrogen) atoms. The molecule has 0 bridgehead atoms. The first-order chi connectivity index (χ1) is 59.7. The van der Waals surface area contributed by atoms with Crippen molar-refractivity contribution < 1.29 is 0 Å². The molecule has 0 amide bonds. The summed E-state index contributed by atoms with van der Waals surface area (Å²) in [6.07, 6.45) is 67.7. The number of hydrogen-bond donors (Lipinski definition) is 0. The van der Waals surface area contributed by atoms with E-state index < -0.39 is 0 Å². The van der Waals surface area contributed by atoms with Crippen LogP contribution in [0.3, 0.4) is 0 Å². The molecule has 0 saturated heterocycles. The van der Waals surface area contributed by atoms with Crippen LogP contribution in [-0.4, -0.2) is 91.8 Å². The summed E-state index contributed by atoms with van der Waals surface area (Å²) in [4.78, 5) is 58.1. The van der Waals surface area contributed by atoms with Crippen LogP contribution >= 0.6 is 57.1 Å². The van der Waals surface area contributed by atoms with Gasteiger partial charge in [-0.05, 0) is 225 Å². The van der Waals surface area contributed by atoms with Gasteiger partial charge in [-0.15, -0.1) is 34.0 Å². The van der Waals surface area contributed by atoms with Crippen LogP contribution in [0, 0.1) is 0 Å². The second kappa shape index (κ2) is 53.4. The first-order valence-electron chi connectivity index (χ1n) is 37.8. The molecule has 0 aliphatic rings. The number of imidazole rings is 2. The maximum absolute atomic E-state index is 4.18. The Bertz CT molecular complexity index is 5230. The summed E-state index contributed by atoms with van der Waals surface area (Å²) in [6, 6.07) is 72.9. The predicted molar refractivity (Wildman–Crippen MR) is 509 cm³/mol. The van der Waals surface area contributed by atoms with E-state index >= 15 is 0 Å². The Balaban J connectivity index is 0.000000143. The average molecular weight is 1680 g/mol. The zero-order chi connectivity index (χ0) is 83.9. The van der Waals surface area contributed by atoms with E-state index in [1.165, 1.54) is 101 Å². The molecule has 0 N–H and O–H groups in total. The number of rotatable bonds is 18. The van der Waals surface area contributed by atoms with Crippen molar-refractivity contribution in [2.45, 2.75) is 0 Å². The van der Waals surface area contributed by atoms with E-state index in [4.69, 9.17) is 0 Å². The van der Waals surface area contributed by atoms with E-state index in [1.54, 1.807) is 102 Å². The zero-order valence-electron chi connectivity index (χ0n) is 66.8. The molecule has 0 radical (unpaired) electrons. The first kappa shape index (κ1) is 88.6. The number of aromatic nitrogens is 19. The van der Waals surface area contributed by atoms with Crippen LogP contribution in [0.5, 0.6) is 0 Å². The number of aryl methyl sites for hydroxylation is 4. The third-order valence-corrected chi connectivity index (χ3v) is 20.0. The molecule has 0 spiro atoms. The summed E-state index contributed by atoms with van der Waals surface area (Å²) in [7, 11) is 8.02. The van der Waals surface area contributed by atoms with E-state index in [0.717, 1.165) is 34.4 Å². The molecule has 14 aromatic heterocycles. The van der Waals surface area contributed by atoms with Gasteiger partial charge in [-0.2, -0.15) is 0 Å². The number of hydrogen-bond acceptors (Lipinski definition) is 20. The monoisotopic (exact) mass is 1680 g/mol. The molecular weight excluding hydrogens is 1590 g/mol. The topological polar surface area (TPSA) is 213 Å². The molecule has 4 aromatic carbocycles. The Morgan fingerprint density at radius 1 is 0.215 bits per heavy atom. The Hall–Kier alpha value is -14.8. The van der Waals surface area contributed by atoms with Gasteiger partial charge in [0.05, 0.1) is 0 Å². The quantitative estimate of drug-likeness (QED) is 0.0781. The van der Waals surface area contributed by atoms with Crippen molar-refractivity contribution in [3.05, 3.63) is 445 Å². The molecule has 19 nitrogen and oxygen atoms in total. The van der Waals surface area contributed by atoms with Gasteiger partial charge < -0.3 is 18.3 Å². The Morgan fingerprint density at radius 2 is 0.537 bits per heavy atom. The van der Waals surface area contributed by atoms with Crippen molar-refractivity contribution in [1.82, 2.24) is 91.8 Å². The molecule has 600 valence electrons. The van der Waals surface area contributed by atoms with Crippen LogP contribution in [0.4, 0.5) is 0 Å². The predicted octanol–water partition coefficient (Wildman–Crippen LogP) is 23.3. The van der Waals surface area contributed by atoms with Gasteiger partial charge in [0.1, 0.15) is 37.0 Å². The van der Waals surface area contributed by atoms with E-state index in [-0.39, 0.29) is 0 Å². The summed E-state index contributed by atoms with van der Waals surface area (Å²) in [5.41, 5.74) is 8.34. The minimum atomic E-state index is 0.670. The number of thiophene rings is 3.